The standard InChI is InChI=1S/C44H65BN6O9S/c1-6-33(7-2)61-36-26-39(54)51(42(36)57)24-21-38(53)47-29(3)27-60-44(4,5)22-20-37(52)49-35(25-30-13-9-8-10-14-30)41(56)50-34(15-11-12-23-46)40(55)48-32-18-16-31(17-19-32)28-59-43(45)58/h8-10,13-14,16-19,29,33-36H,6-7,11-12,15,20-28,45-46H2,1-5H3,(H,47,53)(H,48,55)(H,49,52)(H,50,56)/t29?,34-,35-,36?/m0/s1. The Kier molecular flexibility index (Phi) is 21.5. The number of imide groups is 1. The van der Waals surface area contributed by atoms with Crippen molar-refractivity contribution in [1.82, 2.24) is 20.9 Å². The fourth-order valence-electron chi connectivity index (χ4n) is 6.60. The molecule has 17 heteroatoms. The van der Waals surface area contributed by atoms with E-state index in [1.807, 2.05) is 44.2 Å². The van der Waals surface area contributed by atoms with Gasteiger partial charge in [0.15, 0.2) is 0 Å². The van der Waals surface area contributed by atoms with E-state index < -0.39 is 40.6 Å². The molecule has 334 valence electrons. The first kappa shape index (κ1) is 50.6. The first-order valence-electron chi connectivity index (χ1n) is 21.3. The Labute approximate surface area is 365 Å². The van der Waals surface area contributed by atoms with Gasteiger partial charge < -0.3 is 36.5 Å². The number of likely N-dealkylation sites (tertiary alicyclic amines) is 1. The molecule has 1 heterocycles. The van der Waals surface area contributed by atoms with E-state index in [-0.39, 0.29) is 75.1 Å². The van der Waals surface area contributed by atoms with Crippen LogP contribution in [0.25, 0.3) is 0 Å². The SMILES string of the molecule is BC(=O)OCc1ccc(NC(=O)[C@H](CCCCN)NC(=O)[C@H](Cc2ccccc2)NC(=O)CCC(C)(C)OCC(C)NC(=O)CCN2C(=O)CC(SC(CC)CC)C2=O)cc1. The van der Waals surface area contributed by atoms with Gasteiger partial charge in [-0.3, -0.25) is 38.5 Å². The number of benzene rings is 2. The lowest BCUT2D eigenvalue weighted by atomic mass is 10.0. The van der Waals surface area contributed by atoms with Crippen molar-refractivity contribution in [2.75, 3.05) is 25.0 Å². The van der Waals surface area contributed by atoms with Crippen molar-refractivity contribution in [1.29, 1.82) is 0 Å². The van der Waals surface area contributed by atoms with Crippen molar-refractivity contribution >= 4 is 66.6 Å². The van der Waals surface area contributed by atoms with E-state index in [4.69, 9.17) is 15.2 Å². The Bertz CT molecular complexity index is 1760. The average Bonchev–Trinajstić information content (AvgIpc) is 3.50. The normalized spacial score (nSPS) is 15.5. The zero-order chi connectivity index (χ0) is 45.0. The fraction of sp³-hybridized carbons (Fsp3) is 0.568. The summed E-state index contributed by atoms with van der Waals surface area (Å²) in [6.45, 7) is 10.3. The summed E-state index contributed by atoms with van der Waals surface area (Å²) in [5.41, 5.74) is 7.02. The van der Waals surface area contributed by atoms with Crippen molar-refractivity contribution in [3.05, 3.63) is 65.7 Å². The summed E-state index contributed by atoms with van der Waals surface area (Å²) < 4.78 is 11.1. The number of nitrogens with zero attached hydrogens (tertiary/aromatic N) is 1. The molecule has 2 aromatic rings. The molecule has 0 aliphatic carbocycles. The maximum atomic E-state index is 13.9. The van der Waals surface area contributed by atoms with Crippen LogP contribution in [-0.4, -0.2) is 108 Å². The van der Waals surface area contributed by atoms with Crippen molar-refractivity contribution in [2.24, 2.45) is 5.73 Å². The van der Waals surface area contributed by atoms with Gasteiger partial charge in [0.05, 0.1) is 17.5 Å². The number of unbranched alkanes of at least 4 members (excludes halogenated alkanes) is 1. The molecular weight excluding hydrogens is 799 g/mol. The zero-order valence-corrected chi connectivity index (χ0v) is 37.4. The van der Waals surface area contributed by atoms with Gasteiger partial charge in [-0.1, -0.05) is 56.3 Å². The van der Waals surface area contributed by atoms with Crippen LogP contribution in [0.3, 0.4) is 0 Å². The van der Waals surface area contributed by atoms with Crippen LogP contribution < -0.4 is 27.0 Å². The summed E-state index contributed by atoms with van der Waals surface area (Å²) in [7, 11) is 1.33. The number of hydrogen-bond donors (Lipinski definition) is 5. The largest absolute Gasteiger partial charge is 0.469 e. The first-order chi connectivity index (χ1) is 29.0. The molecule has 2 unspecified atom stereocenters. The molecule has 4 atom stereocenters. The molecule has 61 heavy (non-hydrogen) atoms. The molecule has 0 saturated carbocycles. The van der Waals surface area contributed by atoms with Crippen LogP contribution in [0.4, 0.5) is 10.5 Å². The highest BCUT2D eigenvalue weighted by Gasteiger charge is 2.39. The van der Waals surface area contributed by atoms with E-state index in [1.54, 1.807) is 43.0 Å². The number of ether oxygens (including phenoxy) is 2. The second-order valence-electron chi connectivity index (χ2n) is 16.1. The maximum absolute atomic E-state index is 13.9. The molecule has 15 nitrogen and oxygen atoms in total. The average molecular weight is 865 g/mol. The van der Waals surface area contributed by atoms with Crippen LogP contribution in [0.1, 0.15) is 104 Å². The van der Waals surface area contributed by atoms with Crippen LogP contribution in [-0.2, 0) is 51.3 Å². The van der Waals surface area contributed by atoms with Crippen LogP contribution in [0, 0.1) is 0 Å². The van der Waals surface area contributed by atoms with Crippen LogP contribution in [0.15, 0.2) is 54.6 Å². The predicted octanol–water partition coefficient (Wildman–Crippen LogP) is 3.76. The molecule has 1 aliphatic rings. The highest BCUT2D eigenvalue weighted by molar-refractivity contribution is 8.01. The van der Waals surface area contributed by atoms with Gasteiger partial charge in [0.25, 0.3) is 0 Å². The minimum Gasteiger partial charge on any atom is -0.469 e. The molecular formula is C44H65BN6O9S. The second-order valence-corrected chi connectivity index (χ2v) is 17.6. The van der Waals surface area contributed by atoms with Crippen molar-refractivity contribution in [3.8, 4) is 0 Å². The minimum absolute atomic E-state index is 0.0153. The van der Waals surface area contributed by atoms with Crippen molar-refractivity contribution < 1.29 is 43.0 Å². The minimum atomic E-state index is -0.986. The smallest absolute Gasteiger partial charge is 0.246 e. The second kappa shape index (κ2) is 25.9. The van der Waals surface area contributed by atoms with Gasteiger partial charge in [-0.05, 0) is 89.1 Å². The Morgan fingerprint density at radius 3 is 2.20 bits per heavy atom. The van der Waals surface area contributed by atoms with E-state index >= 15 is 0 Å². The number of nitrogens with one attached hydrogen (secondary N) is 4. The number of carbonyl (C=O) groups is 7. The Morgan fingerprint density at radius 1 is 0.885 bits per heavy atom. The lowest BCUT2D eigenvalue weighted by Gasteiger charge is -2.28. The Balaban J connectivity index is 1.54. The number of carbonyl (C=O) groups excluding carboxylic acids is 7. The molecule has 3 rings (SSSR count). The number of hydrogen-bond acceptors (Lipinski definition) is 11. The third-order valence-corrected chi connectivity index (χ3v) is 12.0. The number of rotatable bonds is 27. The van der Waals surface area contributed by atoms with E-state index in [9.17, 15) is 33.6 Å². The Hall–Kier alpha value is -4.74. The van der Waals surface area contributed by atoms with Crippen LogP contribution >= 0.6 is 11.8 Å². The Morgan fingerprint density at radius 2 is 1.56 bits per heavy atom. The van der Waals surface area contributed by atoms with Gasteiger partial charge in [-0.2, -0.15) is 0 Å². The number of thioether (sulfide) groups is 1. The molecule has 1 fully saturated rings. The van der Waals surface area contributed by atoms with Gasteiger partial charge >= 0.3 is 0 Å². The van der Waals surface area contributed by atoms with E-state index in [1.165, 1.54) is 12.7 Å². The number of amides is 6. The monoisotopic (exact) mass is 864 g/mol. The zero-order valence-electron chi connectivity index (χ0n) is 36.6. The first-order valence-corrected chi connectivity index (χ1v) is 22.3. The maximum Gasteiger partial charge on any atom is 0.246 e. The van der Waals surface area contributed by atoms with Gasteiger partial charge in [-0.15, -0.1) is 11.8 Å². The topological polar surface area (TPSA) is 215 Å². The third kappa shape index (κ3) is 18.4. The van der Waals surface area contributed by atoms with Crippen molar-refractivity contribution in [2.45, 2.75) is 140 Å². The number of anilines is 1. The molecule has 6 N–H and O–H groups in total. The highest BCUT2D eigenvalue weighted by atomic mass is 32.2. The molecule has 1 aliphatic heterocycles. The summed E-state index contributed by atoms with van der Waals surface area (Å²) in [5, 5.41) is 11.4. The van der Waals surface area contributed by atoms with Crippen LogP contribution in [0.5, 0.6) is 0 Å². The quantitative estimate of drug-likeness (QED) is 0.0496. The highest BCUT2D eigenvalue weighted by Crippen LogP contribution is 2.31. The summed E-state index contributed by atoms with van der Waals surface area (Å²) in [4.78, 5) is 91.4. The molecule has 6 amide bonds. The van der Waals surface area contributed by atoms with Crippen molar-refractivity contribution in [3.63, 3.8) is 0 Å². The summed E-state index contributed by atoms with van der Waals surface area (Å²) in [5.74, 6) is -2.50. The summed E-state index contributed by atoms with van der Waals surface area (Å²) >= 11 is 1.54. The molecule has 0 aromatic heterocycles. The molecule has 0 bridgehead atoms. The van der Waals surface area contributed by atoms with E-state index in [2.05, 4.69) is 35.1 Å². The molecule has 0 spiro atoms. The fourth-order valence-corrected chi connectivity index (χ4v) is 7.94. The number of nitrogens with two attached hydrogens (primary N) is 1. The predicted molar refractivity (Wildman–Crippen MR) is 239 cm³/mol. The summed E-state index contributed by atoms with van der Waals surface area (Å²) in [6, 6.07) is 13.8. The van der Waals surface area contributed by atoms with E-state index in [0.29, 0.717) is 43.2 Å². The molecule has 1 saturated heterocycles. The van der Waals surface area contributed by atoms with Gasteiger partial charge in [-0.25, -0.2) is 0 Å². The molecule has 0 radical (unpaired) electrons. The van der Waals surface area contributed by atoms with E-state index in [0.717, 1.165) is 24.0 Å². The summed E-state index contributed by atoms with van der Waals surface area (Å²) in [6.07, 6.45) is 4.07. The van der Waals surface area contributed by atoms with Gasteiger partial charge in [0.2, 0.25) is 49.2 Å². The van der Waals surface area contributed by atoms with Gasteiger partial charge in [0.1, 0.15) is 18.7 Å². The lowest BCUT2D eigenvalue weighted by molar-refractivity contribution is -0.138. The lowest BCUT2D eigenvalue weighted by Crippen LogP contribution is -2.53. The van der Waals surface area contributed by atoms with Crippen LogP contribution in [0.2, 0.25) is 0 Å². The third-order valence-electron chi connectivity index (χ3n) is 10.3. The van der Waals surface area contributed by atoms with Gasteiger partial charge in [0, 0.05) is 49.2 Å². The molecule has 2 aromatic carbocycles.